The summed E-state index contributed by atoms with van der Waals surface area (Å²) >= 11 is 0. The van der Waals surface area contributed by atoms with Crippen LogP contribution in [-0.2, 0) is 0 Å². The van der Waals surface area contributed by atoms with Gasteiger partial charge in [0.25, 0.3) is 5.91 Å². The zero-order valence-electron chi connectivity index (χ0n) is 13.3. The van der Waals surface area contributed by atoms with Gasteiger partial charge in [0.15, 0.2) is 17.5 Å². The molecular weight excluding hydrogens is 321 g/mol. The first-order chi connectivity index (χ1) is 11.4. The van der Waals surface area contributed by atoms with Crippen LogP contribution in [0.5, 0.6) is 0 Å². The van der Waals surface area contributed by atoms with Crippen molar-refractivity contribution in [3.63, 3.8) is 0 Å². The van der Waals surface area contributed by atoms with E-state index >= 15 is 0 Å². The summed E-state index contributed by atoms with van der Waals surface area (Å²) in [5, 5.41) is 5.17. The molecule has 0 aliphatic rings. The number of hydrogen-bond acceptors (Lipinski definition) is 4. The second kappa shape index (κ2) is 7.76. The van der Waals surface area contributed by atoms with E-state index < -0.39 is 29.0 Å². The fourth-order valence-corrected chi connectivity index (χ4v) is 1.95. The second-order valence-corrected chi connectivity index (χ2v) is 5.18. The predicted molar refractivity (Wildman–Crippen MR) is 84.4 cm³/mol. The van der Waals surface area contributed by atoms with Gasteiger partial charge in [-0.05, 0) is 31.5 Å². The molecule has 0 atom stereocenters. The van der Waals surface area contributed by atoms with Gasteiger partial charge in [0.05, 0.1) is 5.69 Å². The van der Waals surface area contributed by atoms with Crippen molar-refractivity contribution in [2.24, 2.45) is 0 Å². The van der Waals surface area contributed by atoms with E-state index in [1.54, 1.807) is 6.92 Å². The van der Waals surface area contributed by atoms with Crippen molar-refractivity contribution in [3.05, 3.63) is 47.0 Å². The minimum Gasteiger partial charge on any atom is -0.354 e. The SMILES string of the molecule is CCCCNc1nc(C)cc(C(=O)Nc2ccc(F)c(F)c2F)n1. The zero-order valence-corrected chi connectivity index (χ0v) is 13.3. The third-order valence-electron chi connectivity index (χ3n) is 3.18. The number of carbonyl (C=O) groups excluding carboxylic acids is 1. The Hall–Kier alpha value is -2.64. The molecule has 0 saturated heterocycles. The number of nitrogens with one attached hydrogen (secondary N) is 2. The standard InChI is InChI=1S/C16H17F3N4O/c1-3-4-7-20-16-21-9(2)8-12(23-16)15(24)22-11-6-5-10(17)13(18)14(11)19/h5-6,8H,3-4,7H2,1-2H3,(H,22,24)(H,20,21,23). The molecule has 5 nitrogen and oxygen atoms in total. The molecular formula is C16H17F3N4O. The number of benzene rings is 1. The summed E-state index contributed by atoms with van der Waals surface area (Å²) in [6.45, 7) is 4.37. The highest BCUT2D eigenvalue weighted by atomic mass is 19.2. The van der Waals surface area contributed by atoms with Crippen molar-refractivity contribution in [1.29, 1.82) is 0 Å². The van der Waals surface area contributed by atoms with Gasteiger partial charge in [-0.1, -0.05) is 13.3 Å². The van der Waals surface area contributed by atoms with Gasteiger partial charge in [0.2, 0.25) is 5.95 Å². The van der Waals surface area contributed by atoms with E-state index in [0.717, 1.165) is 25.0 Å². The van der Waals surface area contributed by atoms with E-state index in [1.807, 2.05) is 6.92 Å². The lowest BCUT2D eigenvalue weighted by molar-refractivity contribution is 0.102. The maximum Gasteiger partial charge on any atom is 0.274 e. The molecule has 2 rings (SSSR count). The Morgan fingerprint density at radius 1 is 1.17 bits per heavy atom. The minimum absolute atomic E-state index is 0.00867. The van der Waals surface area contributed by atoms with Crippen LogP contribution in [0.15, 0.2) is 18.2 Å². The van der Waals surface area contributed by atoms with Gasteiger partial charge >= 0.3 is 0 Å². The lowest BCUT2D eigenvalue weighted by atomic mass is 10.2. The third kappa shape index (κ3) is 4.21. The van der Waals surface area contributed by atoms with Crippen molar-refractivity contribution in [1.82, 2.24) is 9.97 Å². The summed E-state index contributed by atoms with van der Waals surface area (Å²) in [5.41, 5.74) is 0.0706. The molecule has 0 unspecified atom stereocenters. The smallest absolute Gasteiger partial charge is 0.274 e. The van der Waals surface area contributed by atoms with Gasteiger partial charge in [0, 0.05) is 12.2 Å². The third-order valence-corrected chi connectivity index (χ3v) is 3.18. The molecule has 24 heavy (non-hydrogen) atoms. The Bertz CT molecular complexity index is 752. The minimum atomic E-state index is -1.64. The number of halogens is 3. The predicted octanol–water partition coefficient (Wildman–Crippen LogP) is 3.67. The molecule has 0 radical (unpaired) electrons. The molecule has 0 aliphatic heterocycles. The average Bonchev–Trinajstić information content (AvgIpc) is 2.55. The average molecular weight is 338 g/mol. The van der Waals surface area contributed by atoms with Gasteiger partial charge < -0.3 is 10.6 Å². The number of aromatic nitrogens is 2. The van der Waals surface area contributed by atoms with Crippen molar-refractivity contribution in [2.45, 2.75) is 26.7 Å². The van der Waals surface area contributed by atoms with Crippen LogP contribution < -0.4 is 10.6 Å². The maximum absolute atomic E-state index is 13.6. The number of aryl methyl sites for hydroxylation is 1. The number of carbonyl (C=O) groups is 1. The van der Waals surface area contributed by atoms with E-state index in [9.17, 15) is 18.0 Å². The summed E-state index contributed by atoms with van der Waals surface area (Å²) in [6, 6.07) is 3.09. The van der Waals surface area contributed by atoms with Crippen LogP contribution in [0.1, 0.15) is 35.9 Å². The van der Waals surface area contributed by atoms with Gasteiger partial charge in [-0.15, -0.1) is 0 Å². The summed E-state index contributed by atoms with van der Waals surface area (Å²) in [4.78, 5) is 20.4. The van der Waals surface area contributed by atoms with E-state index in [4.69, 9.17) is 0 Å². The van der Waals surface area contributed by atoms with Crippen LogP contribution in [0.2, 0.25) is 0 Å². The van der Waals surface area contributed by atoms with Crippen LogP contribution in [0.3, 0.4) is 0 Å². The van der Waals surface area contributed by atoms with Gasteiger partial charge in [0.1, 0.15) is 5.69 Å². The topological polar surface area (TPSA) is 66.9 Å². The van der Waals surface area contributed by atoms with Crippen LogP contribution in [0.4, 0.5) is 24.8 Å². The highest BCUT2D eigenvalue weighted by Crippen LogP contribution is 2.20. The van der Waals surface area contributed by atoms with Crippen LogP contribution in [0, 0.1) is 24.4 Å². The lowest BCUT2D eigenvalue weighted by Gasteiger charge is -2.09. The number of anilines is 2. The monoisotopic (exact) mass is 338 g/mol. The fourth-order valence-electron chi connectivity index (χ4n) is 1.95. The van der Waals surface area contributed by atoms with Gasteiger partial charge in [-0.3, -0.25) is 4.79 Å². The molecule has 1 aromatic heterocycles. The first-order valence-corrected chi connectivity index (χ1v) is 7.46. The maximum atomic E-state index is 13.6. The van der Waals surface area contributed by atoms with Crippen molar-refractivity contribution < 1.29 is 18.0 Å². The van der Waals surface area contributed by atoms with E-state index in [1.165, 1.54) is 6.07 Å². The Kier molecular flexibility index (Phi) is 5.73. The quantitative estimate of drug-likeness (QED) is 0.623. The Morgan fingerprint density at radius 3 is 2.62 bits per heavy atom. The van der Waals surface area contributed by atoms with E-state index in [0.29, 0.717) is 12.2 Å². The largest absolute Gasteiger partial charge is 0.354 e. The molecule has 0 fully saturated rings. The van der Waals surface area contributed by atoms with Crippen molar-refractivity contribution in [3.8, 4) is 0 Å². The van der Waals surface area contributed by atoms with Crippen molar-refractivity contribution >= 4 is 17.5 Å². The van der Waals surface area contributed by atoms with Gasteiger partial charge in [-0.25, -0.2) is 23.1 Å². The molecule has 128 valence electrons. The number of rotatable bonds is 6. The first-order valence-electron chi connectivity index (χ1n) is 7.46. The first kappa shape index (κ1) is 17.7. The second-order valence-electron chi connectivity index (χ2n) is 5.18. The number of nitrogens with zero attached hydrogens (tertiary/aromatic N) is 2. The molecule has 1 amide bonds. The fraction of sp³-hybridized carbons (Fsp3) is 0.312. The molecule has 1 heterocycles. The molecule has 8 heteroatoms. The lowest BCUT2D eigenvalue weighted by Crippen LogP contribution is -2.17. The highest BCUT2D eigenvalue weighted by Gasteiger charge is 2.17. The van der Waals surface area contributed by atoms with Crippen LogP contribution in [-0.4, -0.2) is 22.4 Å². The summed E-state index contributed by atoms with van der Waals surface area (Å²) < 4.78 is 39.8. The molecule has 2 aromatic rings. The molecule has 0 aliphatic carbocycles. The normalized spacial score (nSPS) is 10.5. The highest BCUT2D eigenvalue weighted by molar-refractivity contribution is 6.03. The zero-order chi connectivity index (χ0) is 17.7. The van der Waals surface area contributed by atoms with Crippen LogP contribution >= 0.6 is 0 Å². The van der Waals surface area contributed by atoms with Crippen molar-refractivity contribution in [2.75, 3.05) is 17.2 Å². The van der Waals surface area contributed by atoms with E-state index in [2.05, 4.69) is 20.6 Å². The summed E-state index contributed by atoms with van der Waals surface area (Å²) in [5.74, 6) is -4.90. The Labute approximate surface area is 137 Å². The van der Waals surface area contributed by atoms with Gasteiger partial charge in [-0.2, -0.15) is 0 Å². The summed E-state index contributed by atoms with van der Waals surface area (Å²) in [7, 11) is 0. The van der Waals surface area contributed by atoms with Crippen LogP contribution in [0.25, 0.3) is 0 Å². The Balaban J connectivity index is 2.19. The molecule has 1 aromatic carbocycles. The number of amides is 1. The number of hydrogen-bond donors (Lipinski definition) is 2. The molecule has 0 bridgehead atoms. The van der Waals surface area contributed by atoms with E-state index in [-0.39, 0.29) is 11.6 Å². The Morgan fingerprint density at radius 2 is 1.92 bits per heavy atom. The summed E-state index contributed by atoms with van der Waals surface area (Å²) in [6.07, 6.45) is 1.90. The molecule has 2 N–H and O–H groups in total. The molecule has 0 saturated carbocycles. The molecule has 0 spiro atoms. The number of unbranched alkanes of at least 4 members (excludes halogenated alkanes) is 1.